The van der Waals surface area contributed by atoms with E-state index in [1.165, 1.54) is 7.11 Å². The second kappa shape index (κ2) is 4.78. The first kappa shape index (κ1) is 8.94. The van der Waals surface area contributed by atoms with Gasteiger partial charge in [0.1, 0.15) is 6.42 Å². The molecule has 0 aliphatic heterocycles. The van der Waals surface area contributed by atoms with Gasteiger partial charge < -0.3 is 9.47 Å². The molecule has 0 aliphatic carbocycles. The van der Waals surface area contributed by atoms with Crippen LogP contribution in [-0.4, -0.2) is 25.7 Å². The van der Waals surface area contributed by atoms with Gasteiger partial charge in [0.05, 0.1) is 13.7 Å². The zero-order valence-corrected chi connectivity index (χ0v) is 5.75. The van der Waals surface area contributed by atoms with Gasteiger partial charge in [-0.3, -0.25) is 9.59 Å². The van der Waals surface area contributed by atoms with Crippen LogP contribution in [-0.2, 0) is 19.1 Å². The van der Waals surface area contributed by atoms with Crippen molar-refractivity contribution >= 4 is 11.9 Å². The first-order valence-corrected chi connectivity index (χ1v) is 2.72. The highest BCUT2D eigenvalue weighted by Gasteiger charge is 2.08. The summed E-state index contributed by atoms with van der Waals surface area (Å²) in [6.45, 7) is 3.30. The van der Waals surface area contributed by atoms with Gasteiger partial charge in [0, 0.05) is 0 Å². The number of ether oxygens (including phenoxy) is 2. The molecule has 0 spiro atoms. The Labute approximate surface area is 59.1 Å². The van der Waals surface area contributed by atoms with Crippen molar-refractivity contribution in [3.05, 3.63) is 6.92 Å². The lowest BCUT2D eigenvalue weighted by Crippen LogP contribution is -2.11. The molecule has 0 rings (SSSR count). The third kappa shape index (κ3) is 3.88. The molecule has 0 aromatic carbocycles. The van der Waals surface area contributed by atoms with Crippen LogP contribution in [0.1, 0.15) is 6.42 Å². The zero-order valence-electron chi connectivity index (χ0n) is 5.75. The zero-order chi connectivity index (χ0) is 7.98. The van der Waals surface area contributed by atoms with Crippen LogP contribution in [0.4, 0.5) is 0 Å². The minimum Gasteiger partial charge on any atom is -0.469 e. The van der Waals surface area contributed by atoms with Gasteiger partial charge in [-0.25, -0.2) is 0 Å². The van der Waals surface area contributed by atoms with Gasteiger partial charge >= 0.3 is 11.9 Å². The summed E-state index contributed by atoms with van der Waals surface area (Å²) in [6, 6.07) is 0. The number of hydrogen-bond donors (Lipinski definition) is 0. The molecule has 0 heterocycles. The van der Waals surface area contributed by atoms with E-state index in [1.807, 2.05) is 0 Å². The summed E-state index contributed by atoms with van der Waals surface area (Å²) >= 11 is 0. The summed E-state index contributed by atoms with van der Waals surface area (Å²) in [5, 5.41) is 0. The normalized spacial score (nSPS) is 8.60. The van der Waals surface area contributed by atoms with Crippen LogP contribution in [0, 0.1) is 6.92 Å². The quantitative estimate of drug-likeness (QED) is 0.412. The van der Waals surface area contributed by atoms with Crippen LogP contribution >= 0.6 is 0 Å². The number of hydrogen-bond acceptors (Lipinski definition) is 4. The maximum absolute atomic E-state index is 10.4. The van der Waals surface area contributed by atoms with E-state index >= 15 is 0 Å². The predicted molar refractivity (Wildman–Crippen MR) is 32.9 cm³/mol. The second-order valence-electron chi connectivity index (χ2n) is 1.47. The van der Waals surface area contributed by atoms with Crippen molar-refractivity contribution in [2.75, 3.05) is 13.7 Å². The summed E-state index contributed by atoms with van der Waals surface area (Å²) in [6.07, 6.45) is -0.341. The summed E-state index contributed by atoms with van der Waals surface area (Å²) in [4.78, 5) is 20.8. The van der Waals surface area contributed by atoms with E-state index in [4.69, 9.17) is 0 Å². The topological polar surface area (TPSA) is 52.6 Å². The van der Waals surface area contributed by atoms with Gasteiger partial charge in [-0.1, -0.05) is 0 Å². The van der Waals surface area contributed by atoms with Crippen molar-refractivity contribution in [1.29, 1.82) is 0 Å². The van der Waals surface area contributed by atoms with Crippen molar-refractivity contribution in [3.63, 3.8) is 0 Å². The van der Waals surface area contributed by atoms with Crippen LogP contribution in [0.25, 0.3) is 0 Å². The molecule has 0 saturated heterocycles. The first-order valence-electron chi connectivity index (χ1n) is 2.72. The Morgan fingerprint density at radius 3 is 2.40 bits per heavy atom. The van der Waals surface area contributed by atoms with E-state index in [0.29, 0.717) is 0 Å². The highest BCUT2D eigenvalue weighted by Crippen LogP contribution is 1.87. The number of carbonyl (C=O) groups excluding carboxylic acids is 2. The molecule has 0 aliphatic rings. The molecule has 0 aromatic heterocycles. The second-order valence-corrected chi connectivity index (χ2v) is 1.47. The highest BCUT2D eigenvalue weighted by atomic mass is 16.5. The fourth-order valence-electron chi connectivity index (χ4n) is 0.355. The van der Waals surface area contributed by atoms with Gasteiger partial charge in [0.25, 0.3) is 0 Å². The molecule has 4 nitrogen and oxygen atoms in total. The van der Waals surface area contributed by atoms with Gasteiger partial charge in [-0.05, 0) is 6.92 Å². The maximum Gasteiger partial charge on any atom is 0.317 e. The van der Waals surface area contributed by atoms with Gasteiger partial charge in [0.2, 0.25) is 0 Å². The number of methoxy groups -OCH3 is 1. The summed E-state index contributed by atoms with van der Waals surface area (Å²) < 4.78 is 8.57. The lowest BCUT2D eigenvalue weighted by atomic mass is 10.4. The fraction of sp³-hybridized carbons (Fsp3) is 0.500. The van der Waals surface area contributed by atoms with E-state index in [9.17, 15) is 9.59 Å². The van der Waals surface area contributed by atoms with Gasteiger partial charge in [-0.15, -0.1) is 0 Å². The molecule has 1 radical (unpaired) electrons. The molecule has 57 valence electrons. The number of rotatable bonds is 3. The highest BCUT2D eigenvalue weighted by molar-refractivity contribution is 5.91. The Bertz CT molecular complexity index is 130. The molecule has 0 aromatic rings. The van der Waals surface area contributed by atoms with E-state index < -0.39 is 11.9 Å². The van der Waals surface area contributed by atoms with Crippen LogP contribution in [0.3, 0.4) is 0 Å². The molecule has 0 atom stereocenters. The van der Waals surface area contributed by atoms with E-state index in [2.05, 4.69) is 16.4 Å². The van der Waals surface area contributed by atoms with Crippen LogP contribution in [0.2, 0.25) is 0 Å². The maximum atomic E-state index is 10.4. The summed E-state index contributed by atoms with van der Waals surface area (Å²) in [7, 11) is 1.21. The van der Waals surface area contributed by atoms with E-state index in [1.54, 1.807) is 0 Å². The molecule has 0 bridgehead atoms. The van der Waals surface area contributed by atoms with E-state index in [0.717, 1.165) is 0 Å². The smallest absolute Gasteiger partial charge is 0.317 e. The summed E-state index contributed by atoms with van der Waals surface area (Å²) in [5.74, 6) is -1.21. The first-order chi connectivity index (χ1) is 4.70. The van der Waals surface area contributed by atoms with Crippen LogP contribution < -0.4 is 0 Å². The van der Waals surface area contributed by atoms with Crippen LogP contribution in [0.15, 0.2) is 0 Å². The molecule has 0 unspecified atom stereocenters. The third-order valence-corrected chi connectivity index (χ3v) is 0.779. The largest absolute Gasteiger partial charge is 0.469 e. The fourth-order valence-corrected chi connectivity index (χ4v) is 0.355. The standard InChI is InChI=1S/C6H9O4/c1-3-10-6(8)4-5(7)9-2/h1,3-4H2,2H3. The third-order valence-electron chi connectivity index (χ3n) is 0.779. The van der Waals surface area contributed by atoms with Gasteiger partial charge in [0.15, 0.2) is 0 Å². The lowest BCUT2D eigenvalue weighted by Gasteiger charge is -1.98. The Hall–Kier alpha value is -1.06. The average molecular weight is 145 g/mol. The monoisotopic (exact) mass is 145 g/mol. The predicted octanol–water partition coefficient (Wildman–Crippen LogP) is -0.0732. The average Bonchev–Trinajstić information content (AvgIpc) is 1.88. The molecule has 0 N–H and O–H groups in total. The van der Waals surface area contributed by atoms with Gasteiger partial charge in [-0.2, -0.15) is 0 Å². The molecule has 0 fully saturated rings. The molecule has 0 saturated carbocycles. The molecule has 10 heavy (non-hydrogen) atoms. The SMILES string of the molecule is [CH2]COC(=O)CC(=O)OC. The van der Waals surface area contributed by atoms with Crippen molar-refractivity contribution in [2.24, 2.45) is 0 Å². The Balaban J connectivity index is 3.47. The van der Waals surface area contributed by atoms with Crippen molar-refractivity contribution < 1.29 is 19.1 Å². The number of esters is 2. The van der Waals surface area contributed by atoms with Crippen molar-refractivity contribution in [3.8, 4) is 0 Å². The Morgan fingerprint density at radius 1 is 1.40 bits per heavy atom. The molecule has 0 amide bonds. The number of carbonyl (C=O) groups is 2. The minimum atomic E-state index is -0.609. The Morgan fingerprint density at radius 2 is 2.00 bits per heavy atom. The van der Waals surface area contributed by atoms with Crippen LogP contribution in [0.5, 0.6) is 0 Å². The minimum absolute atomic E-state index is 0.0375. The molecule has 4 heteroatoms. The van der Waals surface area contributed by atoms with Crippen molar-refractivity contribution in [2.45, 2.75) is 6.42 Å². The van der Waals surface area contributed by atoms with E-state index in [-0.39, 0.29) is 13.0 Å². The Kier molecular flexibility index (Phi) is 4.28. The molecular weight excluding hydrogens is 136 g/mol. The lowest BCUT2D eigenvalue weighted by molar-refractivity contribution is -0.152. The van der Waals surface area contributed by atoms with Crippen molar-refractivity contribution in [1.82, 2.24) is 0 Å². The molecular formula is C6H9O4. The summed E-state index contributed by atoms with van der Waals surface area (Å²) in [5.41, 5.74) is 0.